The van der Waals surface area contributed by atoms with E-state index in [2.05, 4.69) is 27.3 Å². The van der Waals surface area contributed by atoms with Gasteiger partial charge in [-0.3, -0.25) is 4.68 Å². The molecule has 0 bridgehead atoms. The standard InChI is InChI=1S/C12H13N5/c13-16-14-7-4-8-17-10-12(9-15-17)11-5-2-1-3-6-11/h1-3,5-6,9-10H,4,7-8H2. The summed E-state index contributed by atoms with van der Waals surface area (Å²) in [7, 11) is 0. The average molecular weight is 227 g/mol. The van der Waals surface area contributed by atoms with Gasteiger partial charge in [0.1, 0.15) is 0 Å². The van der Waals surface area contributed by atoms with Crippen LogP contribution in [0.2, 0.25) is 0 Å². The molecule has 0 unspecified atom stereocenters. The molecular formula is C12H13N5. The summed E-state index contributed by atoms with van der Waals surface area (Å²) in [6, 6.07) is 10.1. The molecule has 1 heterocycles. The van der Waals surface area contributed by atoms with Crippen molar-refractivity contribution in [2.75, 3.05) is 6.54 Å². The Labute approximate surface area is 99.3 Å². The SMILES string of the molecule is [N-]=[N+]=NCCCn1cc(-c2ccccc2)cn1. The van der Waals surface area contributed by atoms with Crippen LogP contribution in [-0.2, 0) is 6.54 Å². The number of benzene rings is 1. The summed E-state index contributed by atoms with van der Waals surface area (Å²) in [6.07, 6.45) is 4.66. The zero-order valence-corrected chi connectivity index (χ0v) is 9.40. The van der Waals surface area contributed by atoms with Gasteiger partial charge in [-0.15, -0.1) is 0 Å². The maximum atomic E-state index is 8.15. The van der Waals surface area contributed by atoms with Gasteiger partial charge in [0.25, 0.3) is 0 Å². The second-order valence-corrected chi connectivity index (χ2v) is 3.67. The Bertz CT molecular complexity index is 511. The van der Waals surface area contributed by atoms with Gasteiger partial charge in [0.15, 0.2) is 0 Å². The highest BCUT2D eigenvalue weighted by Crippen LogP contribution is 2.17. The molecule has 0 aliphatic carbocycles. The quantitative estimate of drug-likeness (QED) is 0.334. The zero-order valence-electron chi connectivity index (χ0n) is 9.40. The van der Waals surface area contributed by atoms with Crippen LogP contribution in [0.3, 0.4) is 0 Å². The van der Waals surface area contributed by atoms with Crippen LogP contribution in [-0.4, -0.2) is 16.3 Å². The second kappa shape index (κ2) is 5.72. The third-order valence-electron chi connectivity index (χ3n) is 2.45. The number of hydrogen-bond donors (Lipinski definition) is 0. The largest absolute Gasteiger partial charge is 0.272 e. The summed E-state index contributed by atoms with van der Waals surface area (Å²) in [5.74, 6) is 0. The molecule has 2 rings (SSSR count). The lowest BCUT2D eigenvalue weighted by molar-refractivity contribution is 0.584. The molecule has 0 amide bonds. The minimum Gasteiger partial charge on any atom is -0.272 e. The smallest absolute Gasteiger partial charge is 0.0568 e. The third-order valence-corrected chi connectivity index (χ3v) is 2.45. The summed E-state index contributed by atoms with van der Waals surface area (Å²) in [5.41, 5.74) is 10.4. The van der Waals surface area contributed by atoms with Gasteiger partial charge in [0, 0.05) is 29.8 Å². The predicted octanol–water partition coefficient (Wildman–Crippen LogP) is 3.25. The lowest BCUT2D eigenvalue weighted by atomic mass is 10.1. The molecule has 5 nitrogen and oxygen atoms in total. The minimum atomic E-state index is 0.511. The molecule has 0 saturated heterocycles. The Morgan fingerprint density at radius 2 is 2.06 bits per heavy atom. The molecule has 1 aromatic carbocycles. The Hall–Kier alpha value is -2.26. The van der Waals surface area contributed by atoms with Crippen LogP contribution in [0.25, 0.3) is 21.6 Å². The highest BCUT2D eigenvalue weighted by atomic mass is 15.3. The van der Waals surface area contributed by atoms with Gasteiger partial charge < -0.3 is 0 Å². The fourth-order valence-electron chi connectivity index (χ4n) is 1.61. The first kappa shape index (κ1) is 11.2. The monoisotopic (exact) mass is 227 g/mol. The van der Waals surface area contributed by atoms with Gasteiger partial charge in [0.2, 0.25) is 0 Å². The molecule has 2 aromatic rings. The van der Waals surface area contributed by atoms with Crippen LogP contribution in [0, 0.1) is 0 Å². The highest BCUT2D eigenvalue weighted by Gasteiger charge is 2.00. The first-order valence-corrected chi connectivity index (χ1v) is 5.49. The van der Waals surface area contributed by atoms with E-state index in [-0.39, 0.29) is 0 Å². The van der Waals surface area contributed by atoms with Crippen molar-refractivity contribution in [3.63, 3.8) is 0 Å². The van der Waals surface area contributed by atoms with Crippen molar-refractivity contribution in [2.45, 2.75) is 13.0 Å². The van der Waals surface area contributed by atoms with Crippen molar-refractivity contribution in [3.05, 3.63) is 53.2 Å². The number of azide groups is 1. The van der Waals surface area contributed by atoms with E-state index in [0.717, 1.165) is 24.1 Å². The van der Waals surface area contributed by atoms with Crippen LogP contribution < -0.4 is 0 Å². The number of rotatable bonds is 5. The molecule has 0 aliphatic rings. The van der Waals surface area contributed by atoms with Crippen LogP contribution in [0.4, 0.5) is 0 Å². The molecule has 5 heteroatoms. The maximum absolute atomic E-state index is 8.15. The predicted molar refractivity (Wildman–Crippen MR) is 66.3 cm³/mol. The van der Waals surface area contributed by atoms with E-state index in [1.165, 1.54) is 0 Å². The summed E-state index contributed by atoms with van der Waals surface area (Å²) >= 11 is 0. The van der Waals surface area contributed by atoms with E-state index >= 15 is 0 Å². The minimum absolute atomic E-state index is 0.511. The van der Waals surface area contributed by atoms with Crippen molar-refractivity contribution in [2.24, 2.45) is 5.11 Å². The maximum Gasteiger partial charge on any atom is 0.0568 e. The highest BCUT2D eigenvalue weighted by molar-refractivity contribution is 5.61. The van der Waals surface area contributed by atoms with Crippen molar-refractivity contribution in [1.82, 2.24) is 9.78 Å². The topological polar surface area (TPSA) is 66.6 Å². The molecule has 0 spiro atoms. The van der Waals surface area contributed by atoms with Gasteiger partial charge in [0.05, 0.1) is 6.20 Å². The zero-order chi connectivity index (χ0) is 11.9. The Kier molecular flexibility index (Phi) is 3.78. The molecule has 17 heavy (non-hydrogen) atoms. The molecule has 86 valence electrons. The van der Waals surface area contributed by atoms with Crippen molar-refractivity contribution < 1.29 is 0 Å². The van der Waals surface area contributed by atoms with E-state index in [0.29, 0.717) is 6.54 Å². The fraction of sp³-hybridized carbons (Fsp3) is 0.250. The molecule has 1 aromatic heterocycles. The summed E-state index contributed by atoms with van der Waals surface area (Å²) < 4.78 is 1.87. The molecule has 0 atom stereocenters. The van der Waals surface area contributed by atoms with Crippen LogP contribution in [0.15, 0.2) is 47.8 Å². The second-order valence-electron chi connectivity index (χ2n) is 3.67. The third kappa shape index (κ3) is 3.09. The average Bonchev–Trinajstić information content (AvgIpc) is 2.85. The molecule has 0 fully saturated rings. The van der Waals surface area contributed by atoms with Gasteiger partial charge in [-0.1, -0.05) is 35.4 Å². The Morgan fingerprint density at radius 3 is 2.82 bits per heavy atom. The molecular weight excluding hydrogens is 214 g/mol. The van der Waals surface area contributed by atoms with Gasteiger partial charge in [-0.25, -0.2) is 0 Å². The van der Waals surface area contributed by atoms with E-state index in [1.807, 2.05) is 35.3 Å². The van der Waals surface area contributed by atoms with Gasteiger partial charge in [-0.05, 0) is 17.5 Å². The number of aromatic nitrogens is 2. The normalized spacial score (nSPS) is 9.88. The Morgan fingerprint density at radius 1 is 1.24 bits per heavy atom. The number of nitrogens with zero attached hydrogens (tertiary/aromatic N) is 5. The Balaban J connectivity index is 1.99. The molecule has 0 saturated carbocycles. The van der Waals surface area contributed by atoms with Gasteiger partial charge >= 0.3 is 0 Å². The number of hydrogen-bond acceptors (Lipinski definition) is 2. The molecule has 0 aliphatic heterocycles. The van der Waals surface area contributed by atoms with E-state index in [1.54, 1.807) is 0 Å². The van der Waals surface area contributed by atoms with Crippen LogP contribution in [0.5, 0.6) is 0 Å². The first-order chi connectivity index (χ1) is 8.40. The summed E-state index contributed by atoms with van der Waals surface area (Å²) in [5, 5.41) is 7.76. The molecule has 0 N–H and O–H groups in total. The van der Waals surface area contributed by atoms with E-state index < -0.39 is 0 Å². The van der Waals surface area contributed by atoms with E-state index in [4.69, 9.17) is 5.53 Å². The summed E-state index contributed by atoms with van der Waals surface area (Å²) in [6.45, 7) is 1.28. The lowest BCUT2D eigenvalue weighted by Gasteiger charge is -1.98. The van der Waals surface area contributed by atoms with Crippen LogP contribution >= 0.6 is 0 Å². The number of aryl methyl sites for hydroxylation is 1. The molecule has 0 radical (unpaired) electrons. The first-order valence-electron chi connectivity index (χ1n) is 5.49. The lowest BCUT2D eigenvalue weighted by Crippen LogP contribution is -1.99. The summed E-state index contributed by atoms with van der Waals surface area (Å²) in [4.78, 5) is 2.71. The van der Waals surface area contributed by atoms with Crippen LogP contribution in [0.1, 0.15) is 6.42 Å². The van der Waals surface area contributed by atoms with Crippen molar-refractivity contribution in [1.29, 1.82) is 0 Å². The van der Waals surface area contributed by atoms with Gasteiger partial charge in [-0.2, -0.15) is 5.10 Å². The van der Waals surface area contributed by atoms with E-state index in [9.17, 15) is 0 Å². The fourth-order valence-corrected chi connectivity index (χ4v) is 1.61. The van der Waals surface area contributed by atoms with Crippen molar-refractivity contribution >= 4 is 0 Å². The van der Waals surface area contributed by atoms with Crippen molar-refractivity contribution in [3.8, 4) is 11.1 Å².